The average molecular weight is 277 g/mol. The first-order valence-corrected chi connectivity index (χ1v) is 8.48. The van der Waals surface area contributed by atoms with E-state index in [4.69, 9.17) is 5.73 Å². The molecular weight excluding hydrogens is 250 g/mol. The number of hydrogen-bond donors (Lipinski definition) is 1. The fourth-order valence-corrected chi connectivity index (χ4v) is 4.00. The second-order valence-corrected chi connectivity index (χ2v) is 6.79. The Bertz CT molecular complexity index is 311. The summed E-state index contributed by atoms with van der Waals surface area (Å²) in [7, 11) is -3.30. The fourth-order valence-electron chi connectivity index (χ4n) is 2.26. The van der Waals surface area contributed by atoms with Gasteiger partial charge < -0.3 is 5.73 Å². The van der Waals surface area contributed by atoms with Crippen LogP contribution in [0.3, 0.4) is 0 Å². The van der Waals surface area contributed by atoms with Crippen LogP contribution in [0.4, 0.5) is 0 Å². The summed E-state index contributed by atoms with van der Waals surface area (Å²) in [5, 5.41) is 0. The second kappa shape index (κ2) is 8.09. The van der Waals surface area contributed by atoms with E-state index in [9.17, 15) is 8.42 Å². The highest BCUT2D eigenvalue weighted by atomic mass is 32.2. The Labute approximate surface area is 112 Å². The third kappa shape index (κ3) is 4.50. The molecule has 1 heterocycles. The molecule has 0 bridgehead atoms. The maximum Gasteiger partial charge on any atom is 0.282 e. The van der Waals surface area contributed by atoms with E-state index < -0.39 is 10.2 Å². The maximum atomic E-state index is 12.5. The summed E-state index contributed by atoms with van der Waals surface area (Å²) >= 11 is 0. The van der Waals surface area contributed by atoms with E-state index >= 15 is 0 Å². The van der Waals surface area contributed by atoms with Crippen LogP contribution in [-0.4, -0.2) is 49.8 Å². The second-order valence-electron chi connectivity index (χ2n) is 4.86. The quantitative estimate of drug-likeness (QED) is 0.759. The lowest BCUT2D eigenvalue weighted by atomic mass is 10.2. The Hall–Kier alpha value is -0.170. The van der Waals surface area contributed by atoms with Crippen LogP contribution in [0.1, 0.15) is 45.4 Å². The Balaban J connectivity index is 2.71. The number of nitrogens with zero attached hydrogens (tertiary/aromatic N) is 2. The van der Waals surface area contributed by atoms with Gasteiger partial charge in [-0.15, -0.1) is 0 Å². The van der Waals surface area contributed by atoms with Crippen molar-refractivity contribution in [2.45, 2.75) is 45.4 Å². The van der Waals surface area contributed by atoms with Crippen LogP contribution in [-0.2, 0) is 10.2 Å². The summed E-state index contributed by atoms with van der Waals surface area (Å²) in [4.78, 5) is 0. The topological polar surface area (TPSA) is 66.6 Å². The van der Waals surface area contributed by atoms with Crippen LogP contribution in [0, 0.1) is 0 Å². The van der Waals surface area contributed by atoms with E-state index in [1.54, 1.807) is 8.61 Å². The van der Waals surface area contributed by atoms with E-state index in [0.717, 1.165) is 38.5 Å². The summed E-state index contributed by atoms with van der Waals surface area (Å²) in [6, 6.07) is 0. The van der Waals surface area contributed by atoms with Crippen molar-refractivity contribution >= 4 is 10.2 Å². The van der Waals surface area contributed by atoms with Crippen molar-refractivity contribution in [3.63, 3.8) is 0 Å². The van der Waals surface area contributed by atoms with Crippen molar-refractivity contribution in [2.75, 3.05) is 32.7 Å². The minimum absolute atomic E-state index is 0.386. The van der Waals surface area contributed by atoms with Gasteiger partial charge in [0.2, 0.25) is 0 Å². The zero-order chi connectivity index (χ0) is 13.4. The molecular formula is C12H27N3O2S. The molecule has 5 nitrogen and oxygen atoms in total. The van der Waals surface area contributed by atoms with Crippen LogP contribution in [0.25, 0.3) is 0 Å². The van der Waals surface area contributed by atoms with Gasteiger partial charge in [0.15, 0.2) is 0 Å². The molecule has 0 atom stereocenters. The molecule has 0 aromatic carbocycles. The summed E-state index contributed by atoms with van der Waals surface area (Å²) in [5.41, 5.74) is 5.53. The highest BCUT2D eigenvalue weighted by molar-refractivity contribution is 7.86. The van der Waals surface area contributed by atoms with Gasteiger partial charge in [-0.05, 0) is 19.3 Å². The zero-order valence-corrected chi connectivity index (χ0v) is 12.3. The molecule has 0 saturated carbocycles. The van der Waals surface area contributed by atoms with Crippen molar-refractivity contribution in [1.82, 2.24) is 8.61 Å². The van der Waals surface area contributed by atoms with E-state index in [1.807, 2.05) is 0 Å². The molecule has 1 fully saturated rings. The molecule has 1 rings (SSSR count). The van der Waals surface area contributed by atoms with Crippen LogP contribution < -0.4 is 5.73 Å². The summed E-state index contributed by atoms with van der Waals surface area (Å²) in [5.74, 6) is 0. The highest BCUT2D eigenvalue weighted by Crippen LogP contribution is 2.16. The van der Waals surface area contributed by atoms with E-state index in [1.165, 1.54) is 0 Å². The number of hydrogen-bond acceptors (Lipinski definition) is 3. The monoisotopic (exact) mass is 277 g/mol. The predicted octanol–water partition coefficient (Wildman–Crippen LogP) is 1.17. The lowest BCUT2D eigenvalue weighted by Gasteiger charge is -2.28. The van der Waals surface area contributed by atoms with Gasteiger partial charge in [0.1, 0.15) is 0 Å². The smallest absolute Gasteiger partial charge is 0.282 e. The zero-order valence-electron chi connectivity index (χ0n) is 11.5. The third-order valence-electron chi connectivity index (χ3n) is 3.36. The molecule has 0 radical (unpaired) electrons. The fraction of sp³-hybridized carbons (Fsp3) is 1.00. The standard InChI is InChI=1S/C12H27N3O2S/c1-2-3-9-15(12-8-13)18(16,17)14-10-6-4-5-7-11-14/h2-13H2,1H3. The SMILES string of the molecule is CCCCN(CCN)S(=O)(=O)N1CCCCCC1. The molecule has 0 aromatic heterocycles. The predicted molar refractivity (Wildman–Crippen MR) is 74.5 cm³/mol. The lowest BCUT2D eigenvalue weighted by molar-refractivity contribution is 0.340. The Morgan fingerprint density at radius 1 is 1.11 bits per heavy atom. The Morgan fingerprint density at radius 2 is 1.72 bits per heavy atom. The lowest BCUT2D eigenvalue weighted by Crippen LogP contribution is -2.46. The van der Waals surface area contributed by atoms with Gasteiger partial charge in [-0.2, -0.15) is 17.0 Å². The first-order chi connectivity index (χ1) is 8.62. The van der Waals surface area contributed by atoms with E-state index in [0.29, 0.717) is 32.7 Å². The molecule has 1 saturated heterocycles. The molecule has 0 unspecified atom stereocenters. The van der Waals surface area contributed by atoms with E-state index in [-0.39, 0.29) is 0 Å². The molecule has 1 aliphatic heterocycles. The van der Waals surface area contributed by atoms with Crippen LogP contribution in [0.15, 0.2) is 0 Å². The van der Waals surface area contributed by atoms with Crippen molar-refractivity contribution in [1.29, 1.82) is 0 Å². The molecule has 2 N–H and O–H groups in total. The first-order valence-electron chi connectivity index (χ1n) is 7.08. The molecule has 0 aliphatic carbocycles. The summed E-state index contributed by atoms with van der Waals surface area (Å²) in [6.45, 7) is 4.80. The molecule has 0 amide bonds. The third-order valence-corrected chi connectivity index (χ3v) is 5.39. The van der Waals surface area contributed by atoms with Gasteiger partial charge in [0.25, 0.3) is 10.2 Å². The Morgan fingerprint density at radius 3 is 2.22 bits per heavy atom. The number of nitrogens with two attached hydrogens (primary N) is 1. The van der Waals surface area contributed by atoms with Gasteiger partial charge in [0.05, 0.1) is 0 Å². The number of rotatable bonds is 7. The van der Waals surface area contributed by atoms with Gasteiger partial charge in [-0.25, -0.2) is 0 Å². The van der Waals surface area contributed by atoms with Crippen molar-refractivity contribution in [3.8, 4) is 0 Å². The van der Waals surface area contributed by atoms with Gasteiger partial charge in [-0.1, -0.05) is 26.2 Å². The van der Waals surface area contributed by atoms with Crippen molar-refractivity contribution in [2.24, 2.45) is 5.73 Å². The highest BCUT2D eigenvalue weighted by Gasteiger charge is 2.28. The molecule has 0 spiro atoms. The first kappa shape index (κ1) is 15.9. The average Bonchev–Trinajstić information content (AvgIpc) is 2.63. The number of unbranched alkanes of at least 4 members (excludes halogenated alkanes) is 1. The van der Waals surface area contributed by atoms with Gasteiger partial charge in [0, 0.05) is 32.7 Å². The summed E-state index contributed by atoms with van der Waals surface area (Å²) in [6.07, 6.45) is 6.12. The maximum absolute atomic E-state index is 12.5. The molecule has 6 heteroatoms. The molecule has 0 aromatic rings. The van der Waals surface area contributed by atoms with E-state index in [2.05, 4.69) is 6.92 Å². The summed E-state index contributed by atoms with van der Waals surface area (Å²) < 4.78 is 28.3. The van der Waals surface area contributed by atoms with Gasteiger partial charge in [-0.3, -0.25) is 0 Å². The van der Waals surface area contributed by atoms with Crippen LogP contribution in [0.5, 0.6) is 0 Å². The normalized spacial score (nSPS) is 19.1. The van der Waals surface area contributed by atoms with Crippen molar-refractivity contribution < 1.29 is 8.42 Å². The Kier molecular flexibility index (Phi) is 7.14. The van der Waals surface area contributed by atoms with Crippen LogP contribution >= 0.6 is 0 Å². The van der Waals surface area contributed by atoms with Crippen LogP contribution in [0.2, 0.25) is 0 Å². The largest absolute Gasteiger partial charge is 0.329 e. The minimum atomic E-state index is -3.30. The van der Waals surface area contributed by atoms with Crippen molar-refractivity contribution in [3.05, 3.63) is 0 Å². The molecule has 108 valence electrons. The molecule has 18 heavy (non-hydrogen) atoms. The minimum Gasteiger partial charge on any atom is -0.329 e. The molecule has 1 aliphatic rings. The van der Waals surface area contributed by atoms with Gasteiger partial charge >= 0.3 is 0 Å².